The maximum absolute atomic E-state index is 3.52. The number of rotatable bonds is 4. The third-order valence-electron chi connectivity index (χ3n) is 2.50. The zero-order valence-corrected chi connectivity index (χ0v) is 9.48. The second kappa shape index (κ2) is 6.08. The van der Waals surface area contributed by atoms with Gasteiger partial charge in [0.05, 0.1) is 0 Å². The second-order valence-corrected chi connectivity index (χ2v) is 3.86. The molecule has 0 aromatic heterocycles. The molecule has 0 saturated carbocycles. The average molecular weight is 193 g/mol. The number of hydrogen-bond acceptors (Lipinski definition) is 1. The summed E-state index contributed by atoms with van der Waals surface area (Å²) in [5.74, 6) is 0. The van der Waals surface area contributed by atoms with E-state index >= 15 is 0 Å². The van der Waals surface area contributed by atoms with Gasteiger partial charge in [-0.05, 0) is 18.9 Å². The van der Waals surface area contributed by atoms with Gasteiger partial charge in [0.1, 0.15) is 0 Å². The van der Waals surface area contributed by atoms with Gasteiger partial charge in [0.2, 0.25) is 0 Å². The van der Waals surface area contributed by atoms with Gasteiger partial charge in [-0.3, -0.25) is 0 Å². The normalized spacial score (nSPS) is 19.7. The molecule has 1 N–H and O–H groups in total. The van der Waals surface area contributed by atoms with Crippen LogP contribution >= 0.6 is 0 Å². The summed E-state index contributed by atoms with van der Waals surface area (Å²) in [4.78, 5) is 0. The smallest absolute Gasteiger partial charge is 0.336 e. The van der Waals surface area contributed by atoms with Crippen molar-refractivity contribution in [2.75, 3.05) is 0 Å². The Bertz CT molecular complexity index is 308. The van der Waals surface area contributed by atoms with E-state index in [9.17, 15) is 0 Å². The van der Waals surface area contributed by atoms with Crippen molar-refractivity contribution >= 4 is 0 Å². The topological polar surface area (TPSA) is 12.0 Å². The molecule has 0 spiro atoms. The van der Waals surface area contributed by atoms with E-state index in [1.165, 1.54) is 5.56 Å². The van der Waals surface area contributed by atoms with Crippen molar-refractivity contribution in [1.29, 1.82) is 0 Å². The SMILES string of the molecule is CC(Cc1ccccc1)NC1C=C[CH-]1.[Li+]. The van der Waals surface area contributed by atoms with Crippen LogP contribution in [-0.4, -0.2) is 12.1 Å². The summed E-state index contributed by atoms with van der Waals surface area (Å²) >= 11 is 0. The van der Waals surface area contributed by atoms with Gasteiger partial charge in [-0.25, -0.2) is 18.6 Å². The first kappa shape index (κ1) is 12.5. The molecule has 2 heteroatoms. The largest absolute Gasteiger partial charge is 1.00 e. The standard InChI is InChI=1S/C13H16N.Li/c1-11(14-13-8-5-9-13)10-12-6-3-2-4-7-12;/h2-9,11,13-14H,10H2,1H3;/q-1;+1. The van der Waals surface area contributed by atoms with E-state index in [1.54, 1.807) is 0 Å². The monoisotopic (exact) mass is 193 g/mol. The van der Waals surface area contributed by atoms with Crippen LogP contribution in [0.2, 0.25) is 0 Å². The van der Waals surface area contributed by atoms with Gasteiger partial charge < -0.3 is 5.32 Å². The van der Waals surface area contributed by atoms with Gasteiger partial charge in [-0.1, -0.05) is 36.4 Å². The number of benzene rings is 1. The minimum absolute atomic E-state index is 0. The Hall–Kier alpha value is -0.613. The maximum atomic E-state index is 3.52. The Morgan fingerprint density at radius 3 is 2.53 bits per heavy atom. The maximum Gasteiger partial charge on any atom is 1.00 e. The quantitative estimate of drug-likeness (QED) is 0.495. The van der Waals surface area contributed by atoms with Crippen LogP contribution in [0, 0.1) is 6.42 Å². The number of nitrogens with one attached hydrogen (secondary N) is 1. The summed E-state index contributed by atoms with van der Waals surface area (Å²) in [5.41, 5.74) is 1.40. The minimum Gasteiger partial charge on any atom is -0.336 e. The Kier molecular flexibility index (Phi) is 5.05. The van der Waals surface area contributed by atoms with Crippen LogP contribution in [0.1, 0.15) is 12.5 Å². The van der Waals surface area contributed by atoms with E-state index in [2.05, 4.69) is 61.1 Å². The fraction of sp³-hybridized carbons (Fsp3) is 0.308. The van der Waals surface area contributed by atoms with Crippen molar-refractivity contribution in [2.45, 2.75) is 25.4 Å². The summed E-state index contributed by atoms with van der Waals surface area (Å²) in [6, 6.07) is 11.6. The van der Waals surface area contributed by atoms with Gasteiger partial charge in [0.15, 0.2) is 0 Å². The van der Waals surface area contributed by atoms with E-state index in [1.807, 2.05) is 0 Å². The Balaban J connectivity index is 0.00000112. The third kappa shape index (κ3) is 3.80. The summed E-state index contributed by atoms with van der Waals surface area (Å²) in [6.07, 6.45) is 7.55. The van der Waals surface area contributed by atoms with E-state index in [-0.39, 0.29) is 18.9 Å². The van der Waals surface area contributed by atoms with Crippen LogP contribution in [0.5, 0.6) is 0 Å². The molecule has 2 atom stereocenters. The molecule has 0 heterocycles. The molecule has 15 heavy (non-hydrogen) atoms. The van der Waals surface area contributed by atoms with Crippen molar-refractivity contribution in [3.05, 3.63) is 54.5 Å². The predicted octanol–water partition coefficient (Wildman–Crippen LogP) is -0.646. The van der Waals surface area contributed by atoms with Crippen molar-refractivity contribution in [3.8, 4) is 0 Å². The van der Waals surface area contributed by atoms with Crippen molar-refractivity contribution < 1.29 is 18.9 Å². The van der Waals surface area contributed by atoms with Crippen molar-refractivity contribution in [1.82, 2.24) is 5.32 Å². The molecule has 1 aromatic rings. The molecule has 0 amide bonds. The molecular weight excluding hydrogens is 177 g/mol. The Morgan fingerprint density at radius 2 is 2.00 bits per heavy atom. The first-order chi connectivity index (χ1) is 6.84. The van der Waals surface area contributed by atoms with Gasteiger partial charge in [-0.2, -0.15) is 0 Å². The molecule has 0 saturated heterocycles. The minimum atomic E-state index is 0. The number of hydrogen-bond donors (Lipinski definition) is 1. The van der Waals surface area contributed by atoms with Crippen LogP contribution < -0.4 is 24.2 Å². The molecule has 1 aromatic carbocycles. The van der Waals surface area contributed by atoms with Crippen LogP contribution in [0.4, 0.5) is 0 Å². The van der Waals surface area contributed by atoms with E-state index in [0.717, 1.165) is 6.42 Å². The molecule has 2 rings (SSSR count). The van der Waals surface area contributed by atoms with Crippen molar-refractivity contribution in [2.24, 2.45) is 0 Å². The Morgan fingerprint density at radius 1 is 1.33 bits per heavy atom. The van der Waals surface area contributed by atoms with Gasteiger partial charge >= 0.3 is 18.9 Å². The van der Waals surface area contributed by atoms with Crippen LogP contribution in [0.25, 0.3) is 0 Å². The third-order valence-corrected chi connectivity index (χ3v) is 2.50. The van der Waals surface area contributed by atoms with Crippen LogP contribution in [0.15, 0.2) is 42.5 Å². The summed E-state index contributed by atoms with van der Waals surface area (Å²) in [7, 11) is 0. The average Bonchev–Trinajstić information content (AvgIpc) is 2.13. The van der Waals surface area contributed by atoms with Gasteiger partial charge in [-0.15, -0.1) is 0 Å². The fourth-order valence-electron chi connectivity index (χ4n) is 1.69. The summed E-state index contributed by atoms with van der Waals surface area (Å²) in [6.45, 7) is 2.23. The molecule has 1 aliphatic rings. The molecule has 74 valence electrons. The zero-order valence-electron chi connectivity index (χ0n) is 9.48. The molecule has 2 unspecified atom stereocenters. The first-order valence-corrected chi connectivity index (χ1v) is 5.16. The first-order valence-electron chi connectivity index (χ1n) is 5.16. The van der Waals surface area contributed by atoms with E-state index in [4.69, 9.17) is 0 Å². The molecule has 1 nitrogen and oxygen atoms in total. The molecular formula is C13H16LiN. The van der Waals surface area contributed by atoms with Crippen LogP contribution in [0.3, 0.4) is 0 Å². The molecule has 1 aliphatic carbocycles. The van der Waals surface area contributed by atoms with Gasteiger partial charge in [0.25, 0.3) is 0 Å². The van der Waals surface area contributed by atoms with Crippen molar-refractivity contribution in [3.63, 3.8) is 0 Å². The second-order valence-electron chi connectivity index (χ2n) is 3.86. The van der Waals surface area contributed by atoms with E-state index < -0.39 is 0 Å². The van der Waals surface area contributed by atoms with E-state index in [0.29, 0.717) is 12.1 Å². The predicted molar refractivity (Wildman–Crippen MR) is 60.0 cm³/mol. The molecule has 0 bridgehead atoms. The zero-order chi connectivity index (χ0) is 9.80. The molecule has 0 fully saturated rings. The van der Waals surface area contributed by atoms with Gasteiger partial charge in [0, 0.05) is 6.04 Å². The molecule has 0 radical (unpaired) electrons. The summed E-state index contributed by atoms with van der Waals surface area (Å²) < 4.78 is 0. The fourth-order valence-corrected chi connectivity index (χ4v) is 1.69. The summed E-state index contributed by atoms with van der Waals surface area (Å²) in [5, 5.41) is 3.52. The van der Waals surface area contributed by atoms with Crippen LogP contribution in [-0.2, 0) is 6.42 Å². The Labute approximate surface area is 104 Å². The molecule has 0 aliphatic heterocycles.